The monoisotopic (exact) mass is 354 g/mol. The van der Waals surface area contributed by atoms with E-state index in [9.17, 15) is 4.79 Å². The van der Waals surface area contributed by atoms with Gasteiger partial charge in [-0.25, -0.2) is 9.48 Å². The molecule has 0 aromatic carbocycles. The Kier molecular flexibility index (Phi) is 6.57. The molecule has 1 atom stereocenters. The molecule has 7 heteroatoms. The second-order valence-electron chi connectivity index (χ2n) is 7.33. The molecule has 0 bridgehead atoms. The van der Waals surface area contributed by atoms with Crippen LogP contribution in [0.2, 0.25) is 0 Å². The number of amides is 2. The fourth-order valence-corrected chi connectivity index (χ4v) is 3.55. The molecule has 2 heterocycles. The van der Waals surface area contributed by atoms with Crippen molar-refractivity contribution < 1.29 is 9.53 Å². The second-order valence-corrected chi connectivity index (χ2v) is 8.29. The van der Waals surface area contributed by atoms with Crippen LogP contribution in [-0.2, 0) is 16.7 Å². The predicted octanol–water partition coefficient (Wildman–Crippen LogP) is 3.22. The Hall–Kier alpha value is -1.21. The van der Waals surface area contributed by atoms with Gasteiger partial charge in [0.1, 0.15) is 5.01 Å². The summed E-state index contributed by atoms with van der Waals surface area (Å²) in [6.07, 6.45) is 4.10. The van der Waals surface area contributed by atoms with E-state index in [-0.39, 0.29) is 23.6 Å². The maximum absolute atomic E-state index is 12.2. The van der Waals surface area contributed by atoms with Crippen molar-refractivity contribution in [2.75, 3.05) is 6.61 Å². The summed E-state index contributed by atoms with van der Waals surface area (Å²) in [6, 6.07) is -0.114. The molecule has 6 nitrogen and oxygen atoms in total. The first-order valence-electron chi connectivity index (χ1n) is 8.88. The van der Waals surface area contributed by atoms with E-state index < -0.39 is 0 Å². The van der Waals surface area contributed by atoms with Gasteiger partial charge in [-0.2, -0.15) is 10.1 Å². The van der Waals surface area contributed by atoms with E-state index in [1.807, 2.05) is 4.68 Å². The lowest BCUT2D eigenvalue weighted by atomic mass is 9.98. The Morgan fingerprint density at radius 3 is 2.71 bits per heavy atom. The highest BCUT2D eigenvalue weighted by molar-refractivity contribution is 7.09. The van der Waals surface area contributed by atoms with Crippen molar-refractivity contribution in [1.82, 2.24) is 15.1 Å². The molecule has 0 spiro atoms. The zero-order valence-corrected chi connectivity index (χ0v) is 16.3. The molecule has 1 aromatic heterocycles. The molecule has 1 aliphatic rings. The third-order valence-corrected chi connectivity index (χ3v) is 5.54. The largest absolute Gasteiger partial charge is 0.376 e. The van der Waals surface area contributed by atoms with E-state index >= 15 is 0 Å². The van der Waals surface area contributed by atoms with E-state index in [0.717, 1.165) is 37.3 Å². The van der Waals surface area contributed by atoms with Crippen LogP contribution in [0.5, 0.6) is 0 Å². The lowest BCUT2D eigenvalue weighted by molar-refractivity contribution is 0.0928. The Morgan fingerprint density at radius 2 is 2.17 bits per heavy atom. The quantitative estimate of drug-likeness (QED) is 0.883. The molecule has 136 valence electrons. The summed E-state index contributed by atoms with van der Waals surface area (Å²) in [5.74, 6) is 0. The molecule has 0 aliphatic carbocycles. The van der Waals surface area contributed by atoms with Gasteiger partial charge in [-0.15, -0.1) is 0 Å². The van der Waals surface area contributed by atoms with Crippen LogP contribution >= 0.6 is 11.3 Å². The lowest BCUT2D eigenvalue weighted by Crippen LogP contribution is -2.34. The van der Waals surface area contributed by atoms with E-state index in [1.54, 1.807) is 0 Å². The van der Waals surface area contributed by atoms with Crippen LogP contribution in [0.1, 0.15) is 65.3 Å². The van der Waals surface area contributed by atoms with Crippen molar-refractivity contribution >= 4 is 17.4 Å². The van der Waals surface area contributed by atoms with Gasteiger partial charge in [-0.3, -0.25) is 0 Å². The second kappa shape index (κ2) is 8.25. The summed E-state index contributed by atoms with van der Waals surface area (Å²) < 4.78 is 7.55. The molecular weight excluding hydrogens is 324 g/mol. The molecule has 0 radical (unpaired) electrons. The molecule has 0 unspecified atom stereocenters. The molecular formula is C17H30N4O2S. The van der Waals surface area contributed by atoms with E-state index in [0.29, 0.717) is 11.3 Å². The molecule has 1 aliphatic heterocycles. The average Bonchev–Trinajstić information content (AvgIpc) is 3.15. The van der Waals surface area contributed by atoms with Crippen LogP contribution in [-0.4, -0.2) is 34.6 Å². The highest BCUT2D eigenvalue weighted by Crippen LogP contribution is 2.22. The Labute approximate surface area is 148 Å². The van der Waals surface area contributed by atoms with Crippen molar-refractivity contribution in [1.29, 1.82) is 0 Å². The molecule has 1 fully saturated rings. The predicted molar refractivity (Wildman–Crippen MR) is 96.2 cm³/mol. The maximum Gasteiger partial charge on any atom is 0.343 e. The maximum atomic E-state index is 12.2. The minimum Gasteiger partial charge on any atom is -0.376 e. The number of carbonyl (C=O) groups is 1. The van der Waals surface area contributed by atoms with Crippen molar-refractivity contribution in [3.63, 3.8) is 0 Å². The molecule has 2 amide bonds. The van der Waals surface area contributed by atoms with Crippen molar-refractivity contribution in [2.24, 2.45) is 4.99 Å². The first-order valence-corrected chi connectivity index (χ1v) is 9.70. The minimum absolute atomic E-state index is 0.0669. The fourth-order valence-electron chi connectivity index (χ4n) is 2.58. The summed E-state index contributed by atoms with van der Waals surface area (Å²) in [6.45, 7) is 12.0. The third-order valence-electron chi connectivity index (χ3n) is 4.17. The first-order chi connectivity index (χ1) is 11.3. The number of ether oxygens (including phenoxy) is 1. The first kappa shape index (κ1) is 19.1. The van der Waals surface area contributed by atoms with Gasteiger partial charge >= 0.3 is 6.03 Å². The van der Waals surface area contributed by atoms with Gasteiger partial charge in [0.25, 0.3) is 0 Å². The molecule has 1 saturated heterocycles. The summed E-state index contributed by atoms with van der Waals surface area (Å²) in [7, 11) is 0. The number of aromatic nitrogens is 2. The van der Waals surface area contributed by atoms with Crippen LogP contribution in [0.3, 0.4) is 0 Å². The molecule has 2 rings (SSSR count). The van der Waals surface area contributed by atoms with Crippen molar-refractivity contribution in [3.05, 3.63) is 9.81 Å². The van der Waals surface area contributed by atoms with Gasteiger partial charge in [-0.05, 0) is 25.7 Å². The van der Waals surface area contributed by atoms with Gasteiger partial charge < -0.3 is 10.1 Å². The SMILES string of the molecule is CCC(CC)NC(=O)/N=c1\sc(C(C)(C)C)nn1C[C@H]1CCCO1. The zero-order valence-electron chi connectivity index (χ0n) is 15.5. The lowest BCUT2D eigenvalue weighted by Gasteiger charge is -2.13. The molecule has 0 saturated carbocycles. The van der Waals surface area contributed by atoms with E-state index in [2.05, 4.69) is 44.9 Å². The Morgan fingerprint density at radius 1 is 1.46 bits per heavy atom. The number of hydrogen-bond acceptors (Lipinski definition) is 4. The number of nitrogens with zero attached hydrogens (tertiary/aromatic N) is 3. The summed E-state index contributed by atoms with van der Waals surface area (Å²) in [5.41, 5.74) is -0.0669. The number of urea groups is 1. The van der Waals surface area contributed by atoms with Crippen LogP contribution in [0.4, 0.5) is 4.79 Å². The third kappa shape index (κ3) is 5.14. The van der Waals surface area contributed by atoms with Gasteiger partial charge in [-0.1, -0.05) is 46.0 Å². The summed E-state index contributed by atoms with van der Waals surface area (Å²) >= 11 is 1.49. The van der Waals surface area contributed by atoms with Crippen LogP contribution in [0, 0.1) is 0 Å². The number of hydrogen-bond donors (Lipinski definition) is 1. The topological polar surface area (TPSA) is 68.5 Å². The molecule has 1 N–H and O–H groups in total. The molecule has 24 heavy (non-hydrogen) atoms. The van der Waals surface area contributed by atoms with Crippen LogP contribution in [0.25, 0.3) is 0 Å². The minimum atomic E-state index is -0.283. The average molecular weight is 355 g/mol. The zero-order chi connectivity index (χ0) is 17.7. The number of carbonyl (C=O) groups excluding carboxylic acids is 1. The smallest absolute Gasteiger partial charge is 0.343 e. The molecule has 1 aromatic rings. The van der Waals surface area contributed by atoms with Gasteiger partial charge in [0.15, 0.2) is 0 Å². The summed E-state index contributed by atoms with van der Waals surface area (Å²) in [4.78, 5) is 17.2. The number of nitrogens with one attached hydrogen (secondary N) is 1. The standard InChI is InChI=1S/C17H30N4O2S/c1-6-12(7-2)18-15(22)19-16-21(11-13-9-8-10-23-13)20-14(24-16)17(3,4)5/h12-13H,6-11H2,1-5H3,(H,18,22)/b19-16-/t13-/m1/s1. The van der Waals surface area contributed by atoms with Crippen LogP contribution < -0.4 is 10.1 Å². The van der Waals surface area contributed by atoms with Crippen molar-refractivity contribution in [2.45, 2.75) is 84.4 Å². The van der Waals surface area contributed by atoms with Gasteiger partial charge in [0, 0.05) is 18.1 Å². The Bertz CT molecular complexity index is 605. The Balaban J connectivity index is 2.26. The van der Waals surface area contributed by atoms with Crippen molar-refractivity contribution in [3.8, 4) is 0 Å². The normalized spacial score (nSPS) is 19.2. The highest BCUT2D eigenvalue weighted by atomic mass is 32.1. The van der Waals surface area contributed by atoms with Crippen LogP contribution in [0.15, 0.2) is 4.99 Å². The van der Waals surface area contributed by atoms with E-state index in [4.69, 9.17) is 9.84 Å². The summed E-state index contributed by atoms with van der Waals surface area (Å²) in [5, 5.41) is 8.64. The van der Waals surface area contributed by atoms with E-state index in [1.165, 1.54) is 11.3 Å². The fraction of sp³-hybridized carbons (Fsp3) is 0.824. The van der Waals surface area contributed by atoms with Gasteiger partial charge in [0.05, 0.1) is 12.6 Å². The highest BCUT2D eigenvalue weighted by Gasteiger charge is 2.23. The van der Waals surface area contributed by atoms with Gasteiger partial charge in [0.2, 0.25) is 4.80 Å². The number of rotatable bonds is 5.